The highest BCUT2D eigenvalue weighted by molar-refractivity contribution is 6.31. The van der Waals surface area contributed by atoms with Crippen LogP contribution in [0.25, 0.3) is 0 Å². The van der Waals surface area contributed by atoms with Crippen molar-refractivity contribution in [2.24, 2.45) is 0 Å². The van der Waals surface area contributed by atoms with Crippen molar-refractivity contribution in [3.63, 3.8) is 0 Å². The highest BCUT2D eigenvalue weighted by Crippen LogP contribution is 2.39. The number of halogens is 5. The second kappa shape index (κ2) is 5.10. The smallest absolute Gasteiger partial charge is 0.336 e. The molecule has 7 heteroatoms. The minimum Gasteiger partial charge on any atom is -0.497 e. The Labute approximate surface area is 99.8 Å². The summed E-state index contributed by atoms with van der Waals surface area (Å²) in [6, 6.07) is 3.41. The van der Waals surface area contributed by atoms with Crippen LogP contribution in [0.2, 0.25) is 5.02 Å². The average molecular weight is 273 g/mol. The third-order valence-electron chi connectivity index (χ3n) is 2.16. The maximum absolute atomic E-state index is 12.9. The summed E-state index contributed by atoms with van der Waals surface area (Å²) >= 11 is 5.60. The zero-order valence-electron chi connectivity index (χ0n) is 8.63. The standard InChI is InChI=1S/C10H9ClF4O2/c1-17-5-2-3-6(7(11)4-5)8(16)10(14,15)9(12)13/h2-4,8-9,16H,1H3. The molecule has 0 aliphatic carbocycles. The number of hydrogen-bond donors (Lipinski definition) is 1. The van der Waals surface area contributed by atoms with Crippen LogP contribution in [0.15, 0.2) is 18.2 Å². The van der Waals surface area contributed by atoms with Crippen LogP contribution in [0.5, 0.6) is 5.75 Å². The highest BCUT2D eigenvalue weighted by atomic mass is 35.5. The van der Waals surface area contributed by atoms with Crippen LogP contribution in [0.4, 0.5) is 17.6 Å². The molecule has 0 bridgehead atoms. The number of methoxy groups -OCH3 is 1. The molecule has 0 saturated heterocycles. The maximum atomic E-state index is 12.9. The lowest BCUT2D eigenvalue weighted by molar-refractivity contribution is -0.193. The molecule has 0 radical (unpaired) electrons. The molecule has 1 rings (SSSR count). The largest absolute Gasteiger partial charge is 0.497 e. The number of ether oxygens (including phenoxy) is 1. The fourth-order valence-electron chi connectivity index (χ4n) is 1.18. The van der Waals surface area contributed by atoms with Gasteiger partial charge >= 0.3 is 12.3 Å². The molecule has 17 heavy (non-hydrogen) atoms. The highest BCUT2D eigenvalue weighted by Gasteiger charge is 2.49. The quantitative estimate of drug-likeness (QED) is 0.853. The van der Waals surface area contributed by atoms with E-state index in [0.29, 0.717) is 0 Å². The average Bonchev–Trinajstić information content (AvgIpc) is 2.27. The number of aliphatic hydroxyl groups is 1. The van der Waals surface area contributed by atoms with E-state index < -0.39 is 24.0 Å². The van der Waals surface area contributed by atoms with Gasteiger partial charge in [-0.3, -0.25) is 0 Å². The van der Waals surface area contributed by atoms with Gasteiger partial charge < -0.3 is 9.84 Å². The molecule has 1 unspecified atom stereocenters. The van der Waals surface area contributed by atoms with Gasteiger partial charge in [0, 0.05) is 5.56 Å². The molecule has 1 aromatic carbocycles. The number of aliphatic hydroxyl groups excluding tert-OH is 1. The van der Waals surface area contributed by atoms with Crippen molar-refractivity contribution in [2.75, 3.05) is 7.11 Å². The number of benzene rings is 1. The van der Waals surface area contributed by atoms with Gasteiger partial charge in [0.25, 0.3) is 0 Å². The number of hydrogen-bond acceptors (Lipinski definition) is 2. The Bertz CT molecular complexity index is 398. The lowest BCUT2D eigenvalue weighted by Crippen LogP contribution is -2.34. The molecular weight excluding hydrogens is 264 g/mol. The van der Waals surface area contributed by atoms with E-state index >= 15 is 0 Å². The molecule has 0 aromatic heterocycles. The Kier molecular flexibility index (Phi) is 4.21. The Morgan fingerprint density at radius 3 is 2.35 bits per heavy atom. The topological polar surface area (TPSA) is 29.5 Å². The Balaban J connectivity index is 3.08. The monoisotopic (exact) mass is 272 g/mol. The molecule has 0 amide bonds. The van der Waals surface area contributed by atoms with E-state index in [2.05, 4.69) is 0 Å². The molecule has 0 aliphatic heterocycles. The molecule has 0 fully saturated rings. The van der Waals surface area contributed by atoms with Crippen molar-refractivity contribution in [3.8, 4) is 5.75 Å². The molecule has 0 spiro atoms. The zero-order valence-corrected chi connectivity index (χ0v) is 9.39. The molecule has 1 aromatic rings. The predicted molar refractivity (Wildman–Crippen MR) is 53.9 cm³/mol. The van der Waals surface area contributed by atoms with E-state index in [1.165, 1.54) is 13.2 Å². The van der Waals surface area contributed by atoms with Crippen molar-refractivity contribution in [3.05, 3.63) is 28.8 Å². The Morgan fingerprint density at radius 2 is 1.94 bits per heavy atom. The Hall–Kier alpha value is -1.01. The van der Waals surface area contributed by atoms with Gasteiger partial charge in [0.05, 0.1) is 12.1 Å². The fraction of sp³-hybridized carbons (Fsp3) is 0.400. The van der Waals surface area contributed by atoms with Crippen molar-refractivity contribution in [1.82, 2.24) is 0 Å². The van der Waals surface area contributed by atoms with Gasteiger partial charge in [0.1, 0.15) is 11.9 Å². The van der Waals surface area contributed by atoms with Crippen LogP contribution in [-0.4, -0.2) is 24.6 Å². The van der Waals surface area contributed by atoms with Gasteiger partial charge in [-0.2, -0.15) is 8.78 Å². The summed E-state index contributed by atoms with van der Waals surface area (Å²) in [6.45, 7) is 0. The van der Waals surface area contributed by atoms with Gasteiger partial charge in [-0.05, 0) is 12.1 Å². The molecule has 1 atom stereocenters. The normalized spacial score (nSPS) is 13.9. The van der Waals surface area contributed by atoms with Crippen LogP contribution in [0, 0.1) is 0 Å². The number of rotatable bonds is 4. The molecule has 2 nitrogen and oxygen atoms in total. The van der Waals surface area contributed by atoms with Crippen molar-refractivity contribution >= 4 is 11.6 Å². The SMILES string of the molecule is COc1ccc(C(O)C(F)(F)C(F)F)c(Cl)c1. The summed E-state index contributed by atoms with van der Waals surface area (Å²) in [5, 5.41) is 8.94. The molecule has 0 heterocycles. The first kappa shape index (κ1) is 14.1. The lowest BCUT2D eigenvalue weighted by atomic mass is 10.0. The van der Waals surface area contributed by atoms with Crippen LogP contribution in [-0.2, 0) is 0 Å². The summed E-state index contributed by atoms with van der Waals surface area (Å²) < 4.78 is 54.7. The zero-order chi connectivity index (χ0) is 13.2. The molecule has 1 N–H and O–H groups in total. The van der Waals surface area contributed by atoms with Gasteiger partial charge in [-0.15, -0.1) is 0 Å². The van der Waals surface area contributed by atoms with E-state index in [0.717, 1.165) is 12.1 Å². The second-order valence-electron chi connectivity index (χ2n) is 3.27. The van der Waals surface area contributed by atoms with E-state index in [-0.39, 0.29) is 10.8 Å². The third kappa shape index (κ3) is 2.81. The third-order valence-corrected chi connectivity index (χ3v) is 2.49. The van der Waals surface area contributed by atoms with Crippen molar-refractivity contribution in [1.29, 1.82) is 0 Å². The molecule has 0 saturated carbocycles. The first-order valence-corrected chi connectivity index (χ1v) is 4.86. The van der Waals surface area contributed by atoms with Crippen LogP contribution >= 0.6 is 11.6 Å². The second-order valence-corrected chi connectivity index (χ2v) is 3.67. The van der Waals surface area contributed by atoms with Crippen molar-refractivity contribution in [2.45, 2.75) is 18.5 Å². The summed E-state index contributed by atoms with van der Waals surface area (Å²) in [7, 11) is 1.33. The van der Waals surface area contributed by atoms with E-state index in [4.69, 9.17) is 16.3 Å². The van der Waals surface area contributed by atoms with E-state index in [1.54, 1.807) is 0 Å². The first-order chi connectivity index (χ1) is 7.80. The summed E-state index contributed by atoms with van der Waals surface area (Å²) in [5.41, 5.74) is -0.474. The molecule has 0 aliphatic rings. The number of alkyl halides is 4. The lowest BCUT2D eigenvalue weighted by Gasteiger charge is -2.22. The van der Waals surface area contributed by atoms with Gasteiger partial charge in [-0.1, -0.05) is 17.7 Å². The summed E-state index contributed by atoms with van der Waals surface area (Å²) in [4.78, 5) is 0. The van der Waals surface area contributed by atoms with Crippen LogP contribution in [0.1, 0.15) is 11.7 Å². The first-order valence-electron chi connectivity index (χ1n) is 4.48. The summed E-state index contributed by atoms with van der Waals surface area (Å²) in [5.74, 6) is -4.29. The summed E-state index contributed by atoms with van der Waals surface area (Å²) in [6.07, 6.45) is -6.64. The van der Waals surface area contributed by atoms with Crippen LogP contribution in [0.3, 0.4) is 0 Å². The maximum Gasteiger partial charge on any atom is 0.336 e. The van der Waals surface area contributed by atoms with Gasteiger partial charge in [0.15, 0.2) is 0 Å². The Morgan fingerprint density at radius 1 is 1.35 bits per heavy atom. The van der Waals surface area contributed by atoms with Gasteiger partial charge in [0.2, 0.25) is 0 Å². The minimum atomic E-state index is -4.56. The molecule has 96 valence electrons. The molecular formula is C10H9ClF4O2. The van der Waals surface area contributed by atoms with Gasteiger partial charge in [-0.25, -0.2) is 8.78 Å². The minimum absolute atomic E-state index is 0.267. The van der Waals surface area contributed by atoms with E-state index in [1.807, 2.05) is 0 Å². The van der Waals surface area contributed by atoms with E-state index in [9.17, 15) is 22.7 Å². The predicted octanol–water partition coefficient (Wildman–Crippen LogP) is 3.28. The van der Waals surface area contributed by atoms with Crippen molar-refractivity contribution < 1.29 is 27.4 Å². The fourth-order valence-corrected chi connectivity index (χ4v) is 1.46. The van der Waals surface area contributed by atoms with Crippen LogP contribution < -0.4 is 4.74 Å².